The molecule has 1 aliphatic rings. The van der Waals surface area contributed by atoms with Crippen LogP contribution < -0.4 is 5.32 Å². The Hall–Kier alpha value is -2.30. The second-order valence-corrected chi connectivity index (χ2v) is 7.31. The van der Waals surface area contributed by atoms with E-state index in [2.05, 4.69) is 23.3 Å². The van der Waals surface area contributed by atoms with Crippen LogP contribution in [0.1, 0.15) is 51.0 Å². The minimum absolute atomic E-state index is 0.171. The number of hydrogen-bond acceptors (Lipinski definition) is 3. The SMILES string of the molecule is C[C@H]1CCCC[C@@H]1NC(=O)COC(=O)CCCc1c[nH]c2ccccc12. The van der Waals surface area contributed by atoms with Crippen LogP contribution in [0.2, 0.25) is 0 Å². The molecule has 1 aromatic heterocycles. The molecule has 1 heterocycles. The Bertz CT molecular complexity index is 753. The number of carbonyl (C=O) groups is 2. The van der Waals surface area contributed by atoms with E-state index in [4.69, 9.17) is 4.74 Å². The molecule has 0 saturated heterocycles. The molecule has 3 rings (SSSR count). The van der Waals surface area contributed by atoms with E-state index in [1.54, 1.807) is 0 Å². The maximum atomic E-state index is 12.0. The molecule has 1 amide bonds. The number of aromatic nitrogens is 1. The van der Waals surface area contributed by atoms with Crippen molar-refractivity contribution in [2.75, 3.05) is 6.61 Å². The van der Waals surface area contributed by atoms with Gasteiger partial charge in [0.1, 0.15) is 0 Å². The van der Waals surface area contributed by atoms with Crippen LogP contribution in [0.3, 0.4) is 0 Å². The van der Waals surface area contributed by atoms with Crippen molar-refractivity contribution in [1.29, 1.82) is 0 Å². The molecule has 0 unspecified atom stereocenters. The summed E-state index contributed by atoms with van der Waals surface area (Å²) in [5.41, 5.74) is 2.32. The van der Waals surface area contributed by atoms with Crippen molar-refractivity contribution in [3.05, 3.63) is 36.0 Å². The second kappa shape index (κ2) is 8.88. The number of rotatable bonds is 7. The molecule has 5 heteroatoms. The molecule has 140 valence electrons. The van der Waals surface area contributed by atoms with E-state index in [9.17, 15) is 9.59 Å². The van der Waals surface area contributed by atoms with Gasteiger partial charge in [-0.2, -0.15) is 0 Å². The Kier molecular flexibility index (Phi) is 6.31. The first-order chi connectivity index (χ1) is 12.6. The Labute approximate surface area is 154 Å². The van der Waals surface area contributed by atoms with E-state index >= 15 is 0 Å². The number of ether oxygens (including phenoxy) is 1. The summed E-state index contributed by atoms with van der Waals surface area (Å²) in [7, 11) is 0. The van der Waals surface area contributed by atoms with Gasteiger partial charge in [0.15, 0.2) is 6.61 Å². The van der Waals surface area contributed by atoms with Crippen molar-refractivity contribution < 1.29 is 14.3 Å². The average Bonchev–Trinajstić information content (AvgIpc) is 3.05. The summed E-state index contributed by atoms with van der Waals surface area (Å²) in [6.45, 7) is 2.00. The van der Waals surface area contributed by atoms with Gasteiger partial charge in [0.25, 0.3) is 5.91 Å². The third kappa shape index (κ3) is 4.87. The average molecular weight is 356 g/mol. The smallest absolute Gasteiger partial charge is 0.306 e. The first-order valence-electron chi connectivity index (χ1n) is 9.63. The molecule has 2 aromatic rings. The fourth-order valence-corrected chi connectivity index (χ4v) is 3.76. The van der Waals surface area contributed by atoms with E-state index in [0.717, 1.165) is 31.2 Å². The molecule has 5 nitrogen and oxygen atoms in total. The highest BCUT2D eigenvalue weighted by Crippen LogP contribution is 2.23. The lowest BCUT2D eigenvalue weighted by Crippen LogP contribution is -2.42. The van der Waals surface area contributed by atoms with Crippen molar-refractivity contribution in [3.8, 4) is 0 Å². The highest BCUT2D eigenvalue weighted by Gasteiger charge is 2.23. The molecule has 1 aliphatic carbocycles. The highest BCUT2D eigenvalue weighted by atomic mass is 16.5. The fourth-order valence-electron chi connectivity index (χ4n) is 3.76. The zero-order valence-electron chi connectivity index (χ0n) is 15.4. The monoisotopic (exact) mass is 356 g/mol. The van der Waals surface area contributed by atoms with Crippen LogP contribution in [-0.2, 0) is 20.7 Å². The van der Waals surface area contributed by atoms with Crippen molar-refractivity contribution in [1.82, 2.24) is 10.3 Å². The maximum absolute atomic E-state index is 12.0. The molecule has 1 fully saturated rings. The molecule has 0 spiro atoms. The summed E-state index contributed by atoms with van der Waals surface area (Å²) in [5.74, 6) is 0.00462. The van der Waals surface area contributed by atoms with Gasteiger partial charge in [0.2, 0.25) is 0 Å². The third-order valence-electron chi connectivity index (χ3n) is 5.32. The number of aromatic amines is 1. The van der Waals surface area contributed by atoms with Gasteiger partial charge in [0.05, 0.1) is 0 Å². The van der Waals surface area contributed by atoms with Crippen molar-refractivity contribution in [3.63, 3.8) is 0 Å². The quantitative estimate of drug-likeness (QED) is 0.743. The standard InChI is InChI=1S/C21H28N2O3/c1-15-7-2-4-10-18(15)23-20(24)14-26-21(25)12-6-8-16-13-22-19-11-5-3-9-17(16)19/h3,5,9,11,13,15,18,22H,2,4,6-8,10,12,14H2,1H3,(H,23,24)/t15-,18-/m0/s1. The van der Waals surface area contributed by atoms with E-state index in [0.29, 0.717) is 18.8 Å². The van der Waals surface area contributed by atoms with E-state index in [1.165, 1.54) is 17.4 Å². The first kappa shape index (κ1) is 18.5. The molecule has 1 aromatic carbocycles. The summed E-state index contributed by atoms with van der Waals surface area (Å²) in [4.78, 5) is 27.1. The summed E-state index contributed by atoms with van der Waals surface area (Å²) in [6.07, 6.45) is 8.40. The number of esters is 1. The van der Waals surface area contributed by atoms with Crippen LogP contribution in [0.5, 0.6) is 0 Å². The summed E-state index contributed by atoms with van der Waals surface area (Å²) in [6, 6.07) is 8.35. The van der Waals surface area contributed by atoms with Gasteiger partial charge < -0.3 is 15.0 Å². The number of fused-ring (bicyclic) bond motifs is 1. The Balaban J connectivity index is 1.35. The number of amides is 1. The Morgan fingerprint density at radius 3 is 2.88 bits per heavy atom. The van der Waals surface area contributed by atoms with Crippen molar-refractivity contribution >= 4 is 22.8 Å². The molecule has 1 saturated carbocycles. The summed E-state index contributed by atoms with van der Waals surface area (Å²) in [5, 5.41) is 4.20. The van der Waals surface area contributed by atoms with Crippen molar-refractivity contribution in [2.45, 2.75) is 57.9 Å². The van der Waals surface area contributed by atoms with Gasteiger partial charge in [0, 0.05) is 29.6 Å². The van der Waals surface area contributed by atoms with Crippen LogP contribution in [-0.4, -0.2) is 29.5 Å². The summed E-state index contributed by atoms with van der Waals surface area (Å²) < 4.78 is 5.13. The Morgan fingerprint density at radius 1 is 1.23 bits per heavy atom. The number of benzene rings is 1. The lowest BCUT2D eigenvalue weighted by molar-refractivity contribution is -0.149. The number of hydrogen-bond donors (Lipinski definition) is 2. The van der Waals surface area contributed by atoms with Crippen LogP contribution in [0, 0.1) is 5.92 Å². The minimum atomic E-state index is -0.309. The molecule has 0 radical (unpaired) electrons. The molecular weight excluding hydrogens is 328 g/mol. The molecule has 2 N–H and O–H groups in total. The van der Waals surface area contributed by atoms with Crippen LogP contribution in [0.25, 0.3) is 10.9 Å². The lowest BCUT2D eigenvalue weighted by atomic mass is 9.86. The fraction of sp³-hybridized carbons (Fsp3) is 0.524. The number of aryl methyl sites for hydroxylation is 1. The van der Waals surface area contributed by atoms with Crippen molar-refractivity contribution in [2.24, 2.45) is 5.92 Å². The third-order valence-corrected chi connectivity index (χ3v) is 5.32. The second-order valence-electron chi connectivity index (χ2n) is 7.31. The summed E-state index contributed by atoms with van der Waals surface area (Å²) >= 11 is 0. The number of carbonyl (C=O) groups excluding carboxylic acids is 2. The van der Waals surface area contributed by atoms with Gasteiger partial charge in [-0.3, -0.25) is 9.59 Å². The predicted molar refractivity (Wildman–Crippen MR) is 102 cm³/mol. The zero-order chi connectivity index (χ0) is 18.4. The normalized spacial score (nSPS) is 20.0. The van der Waals surface area contributed by atoms with Gasteiger partial charge >= 0.3 is 5.97 Å². The molecular formula is C21H28N2O3. The van der Waals surface area contributed by atoms with Gasteiger partial charge in [-0.15, -0.1) is 0 Å². The number of nitrogens with one attached hydrogen (secondary N) is 2. The van der Waals surface area contributed by atoms with E-state index < -0.39 is 0 Å². The van der Waals surface area contributed by atoms with Crippen LogP contribution in [0.4, 0.5) is 0 Å². The molecule has 2 atom stereocenters. The first-order valence-corrected chi connectivity index (χ1v) is 9.63. The van der Waals surface area contributed by atoms with Gasteiger partial charge in [-0.05, 0) is 43.2 Å². The lowest BCUT2D eigenvalue weighted by Gasteiger charge is -2.29. The highest BCUT2D eigenvalue weighted by molar-refractivity contribution is 5.83. The number of para-hydroxylation sites is 1. The maximum Gasteiger partial charge on any atom is 0.306 e. The Morgan fingerprint density at radius 2 is 2.04 bits per heavy atom. The van der Waals surface area contributed by atoms with Gasteiger partial charge in [-0.1, -0.05) is 38.0 Å². The predicted octanol–water partition coefficient (Wildman–Crippen LogP) is 3.73. The minimum Gasteiger partial charge on any atom is -0.456 e. The van der Waals surface area contributed by atoms with Crippen LogP contribution >= 0.6 is 0 Å². The molecule has 26 heavy (non-hydrogen) atoms. The zero-order valence-corrected chi connectivity index (χ0v) is 15.4. The number of H-pyrrole nitrogens is 1. The van der Waals surface area contributed by atoms with Gasteiger partial charge in [-0.25, -0.2) is 0 Å². The molecule has 0 aliphatic heterocycles. The van der Waals surface area contributed by atoms with E-state index in [1.807, 2.05) is 24.4 Å². The molecule has 0 bridgehead atoms. The topological polar surface area (TPSA) is 71.2 Å². The largest absolute Gasteiger partial charge is 0.456 e. The van der Waals surface area contributed by atoms with Crippen LogP contribution in [0.15, 0.2) is 30.5 Å². The van der Waals surface area contributed by atoms with E-state index in [-0.39, 0.29) is 24.5 Å².